The highest BCUT2D eigenvalue weighted by Crippen LogP contribution is 2.25. The van der Waals surface area contributed by atoms with Gasteiger partial charge in [-0.2, -0.15) is 5.26 Å². The molecule has 2 aromatic carbocycles. The van der Waals surface area contributed by atoms with Crippen molar-refractivity contribution in [2.75, 3.05) is 17.2 Å². The van der Waals surface area contributed by atoms with Crippen LogP contribution in [0.1, 0.15) is 18.1 Å². The summed E-state index contributed by atoms with van der Waals surface area (Å²) in [6.45, 7) is 3.06. The van der Waals surface area contributed by atoms with Gasteiger partial charge in [-0.25, -0.2) is 4.39 Å². The number of para-hydroxylation sites is 2. The molecule has 0 bridgehead atoms. The van der Waals surface area contributed by atoms with Crippen LogP contribution in [-0.2, 0) is 6.54 Å². The van der Waals surface area contributed by atoms with Crippen LogP contribution in [0.25, 0.3) is 0 Å². The van der Waals surface area contributed by atoms with Crippen LogP contribution in [-0.4, -0.2) is 6.54 Å². The molecule has 2 aromatic rings. The molecule has 0 aliphatic carbocycles. The molecule has 0 saturated heterocycles. The molecule has 3 nitrogen and oxygen atoms in total. The normalized spacial score (nSPS) is 10.1. The van der Waals surface area contributed by atoms with Gasteiger partial charge in [0.25, 0.3) is 0 Å². The van der Waals surface area contributed by atoms with Gasteiger partial charge in [0, 0.05) is 18.7 Å². The van der Waals surface area contributed by atoms with E-state index >= 15 is 0 Å². The molecule has 0 unspecified atom stereocenters. The van der Waals surface area contributed by atoms with Crippen molar-refractivity contribution in [2.24, 2.45) is 0 Å². The minimum absolute atomic E-state index is 0.308. The summed E-state index contributed by atoms with van der Waals surface area (Å²) in [5, 5.41) is 8.90. The van der Waals surface area contributed by atoms with Crippen LogP contribution < -0.4 is 10.6 Å². The number of nitrogen functional groups attached to an aromatic ring is 1. The maximum Gasteiger partial charge on any atom is 0.128 e. The molecule has 0 saturated carbocycles. The summed E-state index contributed by atoms with van der Waals surface area (Å²) < 4.78 is 13.9. The van der Waals surface area contributed by atoms with Crippen molar-refractivity contribution in [2.45, 2.75) is 13.5 Å². The van der Waals surface area contributed by atoms with E-state index in [2.05, 4.69) is 0 Å². The average molecular weight is 269 g/mol. The van der Waals surface area contributed by atoms with Crippen molar-refractivity contribution in [3.05, 3.63) is 59.4 Å². The number of rotatable bonds is 4. The average Bonchev–Trinajstić information content (AvgIpc) is 2.47. The van der Waals surface area contributed by atoms with E-state index in [4.69, 9.17) is 11.0 Å². The van der Waals surface area contributed by atoms with Crippen molar-refractivity contribution < 1.29 is 4.39 Å². The summed E-state index contributed by atoms with van der Waals surface area (Å²) in [6.07, 6.45) is 0. The maximum atomic E-state index is 13.9. The van der Waals surface area contributed by atoms with E-state index in [0.717, 1.165) is 5.69 Å². The molecule has 0 aromatic heterocycles. The van der Waals surface area contributed by atoms with E-state index in [1.54, 1.807) is 6.07 Å². The monoisotopic (exact) mass is 269 g/mol. The van der Waals surface area contributed by atoms with E-state index in [0.29, 0.717) is 29.9 Å². The minimum Gasteiger partial charge on any atom is -0.397 e. The third-order valence-electron chi connectivity index (χ3n) is 3.20. The highest BCUT2D eigenvalue weighted by Gasteiger charge is 2.11. The van der Waals surface area contributed by atoms with Gasteiger partial charge in [0.15, 0.2) is 0 Å². The van der Waals surface area contributed by atoms with Gasteiger partial charge in [-0.3, -0.25) is 0 Å². The number of nitriles is 1. The van der Waals surface area contributed by atoms with Crippen LogP contribution in [0.4, 0.5) is 15.8 Å². The third-order valence-corrected chi connectivity index (χ3v) is 3.20. The van der Waals surface area contributed by atoms with Gasteiger partial charge in [-0.1, -0.05) is 12.1 Å². The van der Waals surface area contributed by atoms with Gasteiger partial charge in [0.1, 0.15) is 5.82 Å². The van der Waals surface area contributed by atoms with Crippen LogP contribution in [0.5, 0.6) is 0 Å². The van der Waals surface area contributed by atoms with E-state index in [1.807, 2.05) is 42.2 Å². The molecule has 0 aliphatic heterocycles. The maximum absolute atomic E-state index is 13.9. The van der Waals surface area contributed by atoms with Crippen molar-refractivity contribution in [3.63, 3.8) is 0 Å². The number of nitrogens with zero attached hydrogens (tertiary/aromatic N) is 2. The van der Waals surface area contributed by atoms with Crippen molar-refractivity contribution in [1.82, 2.24) is 0 Å². The first-order valence-electron chi connectivity index (χ1n) is 6.43. The number of hydrogen-bond acceptors (Lipinski definition) is 3. The predicted molar refractivity (Wildman–Crippen MR) is 78.7 cm³/mol. The predicted octanol–water partition coefficient (Wildman–Crippen LogP) is 3.31. The van der Waals surface area contributed by atoms with Gasteiger partial charge in [0.2, 0.25) is 0 Å². The minimum atomic E-state index is -0.308. The van der Waals surface area contributed by atoms with Crippen LogP contribution in [0.3, 0.4) is 0 Å². The summed E-state index contributed by atoms with van der Waals surface area (Å²) in [4.78, 5) is 1.98. The topological polar surface area (TPSA) is 53.0 Å². The Kier molecular flexibility index (Phi) is 4.21. The standard InChI is InChI=1S/C16H16FN3/c1-2-20(16-6-4-3-5-15(16)19)11-13-9-12(10-18)7-8-14(13)17/h3-9H,2,11,19H2,1H3. The van der Waals surface area contributed by atoms with Crippen LogP contribution >= 0.6 is 0 Å². The van der Waals surface area contributed by atoms with Crippen LogP contribution in [0, 0.1) is 17.1 Å². The van der Waals surface area contributed by atoms with Crippen molar-refractivity contribution in [3.8, 4) is 6.07 Å². The number of anilines is 2. The molecule has 0 spiro atoms. The fraction of sp³-hybridized carbons (Fsp3) is 0.188. The second-order valence-corrected chi connectivity index (χ2v) is 4.49. The molecular formula is C16H16FN3. The van der Waals surface area contributed by atoms with E-state index in [-0.39, 0.29) is 5.82 Å². The van der Waals surface area contributed by atoms with E-state index in [1.165, 1.54) is 12.1 Å². The lowest BCUT2D eigenvalue weighted by Gasteiger charge is -2.25. The van der Waals surface area contributed by atoms with Gasteiger partial charge in [0.05, 0.1) is 23.0 Å². The second-order valence-electron chi connectivity index (χ2n) is 4.49. The molecule has 0 amide bonds. The first-order valence-corrected chi connectivity index (χ1v) is 6.43. The number of benzene rings is 2. The molecule has 20 heavy (non-hydrogen) atoms. The van der Waals surface area contributed by atoms with Crippen LogP contribution in [0.15, 0.2) is 42.5 Å². The Bertz CT molecular complexity index is 646. The molecule has 2 rings (SSSR count). The Balaban J connectivity index is 2.32. The molecule has 2 N–H and O–H groups in total. The molecule has 0 atom stereocenters. The fourth-order valence-electron chi connectivity index (χ4n) is 2.11. The van der Waals surface area contributed by atoms with Gasteiger partial charge < -0.3 is 10.6 Å². The highest BCUT2D eigenvalue weighted by molar-refractivity contribution is 5.67. The molecule has 102 valence electrons. The quantitative estimate of drug-likeness (QED) is 0.866. The Labute approximate surface area is 118 Å². The summed E-state index contributed by atoms with van der Waals surface area (Å²) in [7, 11) is 0. The summed E-state index contributed by atoms with van der Waals surface area (Å²) in [5.41, 5.74) is 8.44. The van der Waals surface area contributed by atoms with E-state index in [9.17, 15) is 4.39 Å². The lowest BCUT2D eigenvalue weighted by atomic mass is 10.1. The number of halogens is 1. The summed E-state index contributed by atoms with van der Waals surface area (Å²) in [5.74, 6) is -0.308. The number of hydrogen-bond donors (Lipinski definition) is 1. The molecule has 0 radical (unpaired) electrons. The Morgan fingerprint density at radius 3 is 2.65 bits per heavy atom. The van der Waals surface area contributed by atoms with Gasteiger partial charge >= 0.3 is 0 Å². The summed E-state index contributed by atoms with van der Waals surface area (Å²) >= 11 is 0. The van der Waals surface area contributed by atoms with Crippen molar-refractivity contribution in [1.29, 1.82) is 5.26 Å². The molecule has 0 fully saturated rings. The first kappa shape index (κ1) is 13.9. The lowest BCUT2D eigenvalue weighted by molar-refractivity contribution is 0.605. The lowest BCUT2D eigenvalue weighted by Crippen LogP contribution is -2.23. The Morgan fingerprint density at radius 1 is 1.25 bits per heavy atom. The van der Waals surface area contributed by atoms with E-state index < -0.39 is 0 Å². The molecule has 4 heteroatoms. The highest BCUT2D eigenvalue weighted by atomic mass is 19.1. The van der Waals surface area contributed by atoms with Gasteiger partial charge in [-0.15, -0.1) is 0 Å². The SMILES string of the molecule is CCN(Cc1cc(C#N)ccc1F)c1ccccc1N. The second kappa shape index (κ2) is 6.07. The first-order chi connectivity index (χ1) is 9.65. The molecular weight excluding hydrogens is 253 g/mol. The third kappa shape index (κ3) is 2.89. The zero-order valence-corrected chi connectivity index (χ0v) is 11.3. The Hall–Kier alpha value is -2.54. The fourth-order valence-corrected chi connectivity index (χ4v) is 2.11. The van der Waals surface area contributed by atoms with Crippen molar-refractivity contribution >= 4 is 11.4 Å². The smallest absolute Gasteiger partial charge is 0.128 e. The Morgan fingerprint density at radius 2 is 2.00 bits per heavy atom. The molecule has 0 aliphatic rings. The van der Waals surface area contributed by atoms with Crippen LogP contribution in [0.2, 0.25) is 0 Å². The largest absolute Gasteiger partial charge is 0.397 e. The zero-order chi connectivity index (χ0) is 14.5. The molecule has 0 heterocycles. The summed E-state index contributed by atoms with van der Waals surface area (Å²) in [6, 6.07) is 13.9. The zero-order valence-electron chi connectivity index (χ0n) is 11.3. The number of nitrogens with two attached hydrogens (primary N) is 1. The van der Waals surface area contributed by atoms with Gasteiger partial charge in [-0.05, 0) is 37.3 Å².